The third-order valence-electron chi connectivity index (χ3n) is 4.33. The van der Waals surface area contributed by atoms with E-state index in [4.69, 9.17) is 4.84 Å². The number of carbonyl (C=O) groups excluding carboxylic acids is 1. The number of carbonyl (C=O) groups is 1. The summed E-state index contributed by atoms with van der Waals surface area (Å²) in [6, 6.07) is 21.3. The van der Waals surface area contributed by atoms with E-state index in [1.165, 1.54) is 5.06 Å². The van der Waals surface area contributed by atoms with Crippen molar-refractivity contribution in [3.05, 3.63) is 78.0 Å². The van der Waals surface area contributed by atoms with Gasteiger partial charge in [-0.15, -0.1) is 0 Å². The predicted molar refractivity (Wildman–Crippen MR) is 106 cm³/mol. The van der Waals surface area contributed by atoms with Crippen molar-refractivity contribution >= 4 is 5.91 Å². The van der Waals surface area contributed by atoms with E-state index in [2.05, 4.69) is 5.10 Å². The van der Waals surface area contributed by atoms with Gasteiger partial charge in [-0.2, -0.15) is 14.8 Å². The van der Waals surface area contributed by atoms with Gasteiger partial charge in [-0.05, 0) is 38.0 Å². The van der Waals surface area contributed by atoms with Crippen LogP contribution in [0.1, 0.15) is 44.0 Å². The normalized spacial score (nSPS) is 11.8. The van der Waals surface area contributed by atoms with Gasteiger partial charge in [0.05, 0.1) is 17.4 Å². The van der Waals surface area contributed by atoms with Gasteiger partial charge in [-0.1, -0.05) is 55.5 Å². The van der Waals surface area contributed by atoms with E-state index in [9.17, 15) is 4.79 Å². The Labute approximate surface area is 160 Å². The Morgan fingerprint density at radius 1 is 1.11 bits per heavy atom. The maximum atomic E-state index is 12.8. The van der Waals surface area contributed by atoms with Crippen LogP contribution in [-0.4, -0.2) is 20.8 Å². The molecule has 1 aromatic heterocycles. The van der Waals surface area contributed by atoms with Crippen LogP contribution in [0, 0.1) is 6.92 Å². The molecule has 5 nitrogen and oxygen atoms in total. The molecule has 1 amide bonds. The molecular weight excluding hydrogens is 338 g/mol. The van der Waals surface area contributed by atoms with Crippen LogP contribution in [0.2, 0.25) is 0 Å². The number of hydrogen-bond acceptors (Lipinski definition) is 3. The number of hydroxylamine groups is 2. The van der Waals surface area contributed by atoms with Crippen LogP contribution in [0.25, 0.3) is 5.69 Å². The second-order valence-electron chi connectivity index (χ2n) is 6.52. The van der Waals surface area contributed by atoms with Gasteiger partial charge in [-0.25, -0.2) is 0 Å². The maximum absolute atomic E-state index is 12.8. The van der Waals surface area contributed by atoms with Gasteiger partial charge < -0.3 is 4.84 Å². The van der Waals surface area contributed by atoms with Crippen molar-refractivity contribution < 1.29 is 9.63 Å². The van der Waals surface area contributed by atoms with Gasteiger partial charge in [0, 0.05) is 12.5 Å². The Kier molecular flexibility index (Phi) is 5.91. The van der Waals surface area contributed by atoms with Crippen LogP contribution >= 0.6 is 0 Å². The highest BCUT2D eigenvalue weighted by Crippen LogP contribution is 2.26. The number of hydrogen-bond donors (Lipinski definition) is 0. The summed E-state index contributed by atoms with van der Waals surface area (Å²) in [5.41, 5.74) is 2.73. The van der Waals surface area contributed by atoms with E-state index in [1.54, 1.807) is 4.68 Å². The molecule has 3 rings (SSSR count). The summed E-state index contributed by atoms with van der Waals surface area (Å²) in [7, 11) is 0. The van der Waals surface area contributed by atoms with Gasteiger partial charge in [0.2, 0.25) is 5.88 Å². The maximum Gasteiger partial charge on any atom is 0.255 e. The van der Waals surface area contributed by atoms with Gasteiger partial charge in [0.1, 0.15) is 0 Å². The van der Waals surface area contributed by atoms with E-state index in [-0.39, 0.29) is 11.9 Å². The number of rotatable bonds is 7. The smallest absolute Gasteiger partial charge is 0.255 e. The van der Waals surface area contributed by atoms with Gasteiger partial charge in [0.25, 0.3) is 5.91 Å². The van der Waals surface area contributed by atoms with Crippen molar-refractivity contribution in [2.45, 2.75) is 39.7 Å². The van der Waals surface area contributed by atoms with E-state index < -0.39 is 0 Å². The fourth-order valence-electron chi connectivity index (χ4n) is 2.93. The molecule has 2 aromatic carbocycles. The standard InChI is InChI=1S/C22H25N3O2/c1-4-11-21(26)25(18(3)19-12-7-5-8-13-19)27-22-16-17(2)23-24(22)20-14-9-6-10-15-20/h5-10,12-16,18H,4,11H2,1-3H3. The lowest BCUT2D eigenvalue weighted by Crippen LogP contribution is -2.37. The highest BCUT2D eigenvalue weighted by Gasteiger charge is 2.25. The average Bonchev–Trinajstić information content (AvgIpc) is 3.07. The second-order valence-corrected chi connectivity index (χ2v) is 6.52. The summed E-state index contributed by atoms with van der Waals surface area (Å²) in [5.74, 6) is 0.471. The Hall–Kier alpha value is -3.08. The molecule has 0 aliphatic rings. The van der Waals surface area contributed by atoms with Crippen LogP contribution < -0.4 is 4.84 Å². The van der Waals surface area contributed by atoms with E-state index in [0.717, 1.165) is 23.4 Å². The highest BCUT2D eigenvalue weighted by molar-refractivity contribution is 5.75. The Morgan fingerprint density at radius 3 is 2.37 bits per heavy atom. The average molecular weight is 363 g/mol. The number of aryl methyl sites for hydroxylation is 1. The van der Waals surface area contributed by atoms with Crippen LogP contribution in [0.3, 0.4) is 0 Å². The molecule has 140 valence electrons. The Morgan fingerprint density at radius 2 is 1.74 bits per heavy atom. The molecule has 0 radical (unpaired) electrons. The first-order valence-electron chi connectivity index (χ1n) is 9.27. The number of amides is 1. The van der Waals surface area contributed by atoms with Crippen LogP contribution in [0.5, 0.6) is 5.88 Å². The SMILES string of the molecule is CCCC(=O)N(Oc1cc(C)nn1-c1ccccc1)C(C)c1ccccc1. The van der Waals surface area contributed by atoms with Gasteiger partial charge in [0.15, 0.2) is 0 Å². The number of benzene rings is 2. The molecule has 1 atom stereocenters. The molecule has 27 heavy (non-hydrogen) atoms. The van der Waals surface area contributed by atoms with Crippen LogP contribution in [0.4, 0.5) is 0 Å². The third-order valence-corrected chi connectivity index (χ3v) is 4.33. The lowest BCUT2D eigenvalue weighted by Gasteiger charge is -2.28. The van der Waals surface area contributed by atoms with Gasteiger partial charge >= 0.3 is 0 Å². The van der Waals surface area contributed by atoms with E-state index in [1.807, 2.05) is 87.5 Å². The molecule has 0 saturated carbocycles. The van der Waals surface area contributed by atoms with Crippen molar-refractivity contribution in [3.63, 3.8) is 0 Å². The summed E-state index contributed by atoms with van der Waals surface area (Å²) >= 11 is 0. The molecule has 0 aliphatic carbocycles. The number of aromatic nitrogens is 2. The Bertz CT molecular complexity index is 875. The zero-order chi connectivity index (χ0) is 19.2. The number of para-hydroxylation sites is 1. The molecule has 0 aliphatic heterocycles. The van der Waals surface area contributed by atoms with E-state index in [0.29, 0.717) is 12.3 Å². The molecule has 0 spiro atoms. The topological polar surface area (TPSA) is 47.4 Å². The molecule has 0 saturated heterocycles. The molecule has 1 heterocycles. The fourth-order valence-corrected chi connectivity index (χ4v) is 2.93. The lowest BCUT2D eigenvalue weighted by atomic mass is 10.1. The monoisotopic (exact) mass is 363 g/mol. The summed E-state index contributed by atoms with van der Waals surface area (Å²) in [6.07, 6.45) is 1.19. The van der Waals surface area contributed by atoms with Crippen molar-refractivity contribution in [1.82, 2.24) is 14.8 Å². The first-order chi connectivity index (χ1) is 13.1. The van der Waals surface area contributed by atoms with Crippen molar-refractivity contribution in [1.29, 1.82) is 0 Å². The van der Waals surface area contributed by atoms with E-state index >= 15 is 0 Å². The zero-order valence-corrected chi connectivity index (χ0v) is 16.0. The summed E-state index contributed by atoms with van der Waals surface area (Å²) in [5, 5.41) is 5.99. The van der Waals surface area contributed by atoms with Crippen LogP contribution in [0.15, 0.2) is 66.7 Å². The molecule has 0 fully saturated rings. The largest absolute Gasteiger partial charge is 0.356 e. The lowest BCUT2D eigenvalue weighted by molar-refractivity contribution is -0.166. The molecule has 3 aromatic rings. The highest BCUT2D eigenvalue weighted by atomic mass is 16.7. The van der Waals surface area contributed by atoms with Gasteiger partial charge in [-0.3, -0.25) is 4.79 Å². The molecule has 1 unspecified atom stereocenters. The summed E-state index contributed by atoms with van der Waals surface area (Å²) in [4.78, 5) is 18.9. The minimum atomic E-state index is -0.218. The minimum absolute atomic E-state index is 0.0488. The first kappa shape index (κ1) is 18.7. The first-order valence-corrected chi connectivity index (χ1v) is 9.27. The van der Waals surface area contributed by atoms with Crippen molar-refractivity contribution in [2.75, 3.05) is 0 Å². The fraction of sp³-hybridized carbons (Fsp3) is 0.273. The number of nitrogens with zero attached hydrogens (tertiary/aromatic N) is 3. The van der Waals surface area contributed by atoms with Crippen molar-refractivity contribution in [2.24, 2.45) is 0 Å². The minimum Gasteiger partial charge on any atom is -0.356 e. The quantitative estimate of drug-likeness (QED) is 0.563. The zero-order valence-electron chi connectivity index (χ0n) is 16.0. The molecule has 0 N–H and O–H groups in total. The molecular formula is C22H25N3O2. The summed E-state index contributed by atoms with van der Waals surface area (Å²) in [6.45, 7) is 5.87. The molecule has 0 bridgehead atoms. The Balaban J connectivity index is 1.94. The predicted octanol–water partition coefficient (Wildman–Crippen LogP) is 4.86. The summed E-state index contributed by atoms with van der Waals surface area (Å²) < 4.78 is 1.72. The molecule has 5 heteroatoms. The van der Waals surface area contributed by atoms with Crippen molar-refractivity contribution in [3.8, 4) is 11.6 Å². The second kappa shape index (κ2) is 8.54. The third kappa shape index (κ3) is 4.37. The van der Waals surface area contributed by atoms with Crippen LogP contribution in [-0.2, 0) is 4.79 Å².